The van der Waals surface area contributed by atoms with Crippen molar-refractivity contribution in [1.29, 1.82) is 0 Å². The third kappa shape index (κ3) is 4.86. The molecule has 4 rings (SSSR count). The van der Waals surface area contributed by atoms with Gasteiger partial charge in [-0.1, -0.05) is 0 Å². The summed E-state index contributed by atoms with van der Waals surface area (Å²) in [6, 6.07) is 1.68. The second-order valence-electron chi connectivity index (χ2n) is 8.94. The highest BCUT2D eigenvalue weighted by Gasteiger charge is 2.30. The van der Waals surface area contributed by atoms with E-state index in [9.17, 15) is 14.0 Å². The van der Waals surface area contributed by atoms with Crippen LogP contribution in [0, 0.1) is 11.7 Å². The highest BCUT2D eigenvalue weighted by atomic mass is 19.1. The lowest BCUT2D eigenvalue weighted by atomic mass is 9.96. The zero-order chi connectivity index (χ0) is 23.8. The van der Waals surface area contributed by atoms with E-state index in [4.69, 9.17) is 10.5 Å². The van der Waals surface area contributed by atoms with E-state index in [-0.39, 0.29) is 28.9 Å². The molecule has 0 atom stereocenters. The molecule has 1 fully saturated rings. The summed E-state index contributed by atoms with van der Waals surface area (Å²) in [6.45, 7) is 6.78. The SMILES string of the molecule is CC(C)(C)OC(=O)C1CCN(c2cnccc2NC(=O)c2c(N)nn3cc(F)cnc23)CC1. The molecule has 0 aliphatic carbocycles. The van der Waals surface area contributed by atoms with Gasteiger partial charge in [-0.15, -0.1) is 5.10 Å². The largest absolute Gasteiger partial charge is 0.460 e. The minimum atomic E-state index is -0.594. The van der Waals surface area contributed by atoms with E-state index in [1.807, 2.05) is 20.8 Å². The van der Waals surface area contributed by atoms with Gasteiger partial charge in [-0.3, -0.25) is 14.6 Å². The van der Waals surface area contributed by atoms with E-state index in [0.29, 0.717) is 31.6 Å². The fraction of sp³-hybridized carbons (Fsp3) is 0.409. The molecule has 10 nitrogen and oxygen atoms in total. The number of rotatable bonds is 4. The number of hydrogen-bond donors (Lipinski definition) is 2. The van der Waals surface area contributed by atoms with E-state index in [1.165, 1.54) is 0 Å². The number of pyridine rings is 1. The summed E-state index contributed by atoms with van der Waals surface area (Å²) >= 11 is 0. The number of fused-ring (bicyclic) bond motifs is 1. The van der Waals surface area contributed by atoms with E-state index in [2.05, 4.69) is 25.3 Å². The quantitative estimate of drug-likeness (QED) is 0.575. The number of nitrogen functional groups attached to an aromatic ring is 1. The van der Waals surface area contributed by atoms with Crippen molar-refractivity contribution in [1.82, 2.24) is 19.6 Å². The van der Waals surface area contributed by atoms with Gasteiger partial charge in [-0.05, 0) is 39.7 Å². The Morgan fingerprint density at radius 1 is 1.24 bits per heavy atom. The van der Waals surface area contributed by atoms with Crippen LogP contribution in [0.25, 0.3) is 5.65 Å². The lowest BCUT2D eigenvalue weighted by molar-refractivity contribution is -0.160. The number of ether oxygens (including phenoxy) is 1. The zero-order valence-electron chi connectivity index (χ0n) is 18.7. The Morgan fingerprint density at radius 2 is 1.97 bits per heavy atom. The topological polar surface area (TPSA) is 128 Å². The minimum absolute atomic E-state index is 0.0561. The van der Waals surface area contributed by atoms with Crippen LogP contribution in [0.15, 0.2) is 30.9 Å². The molecule has 3 aromatic rings. The number of carbonyl (C=O) groups is 2. The molecular formula is C22H26FN7O3. The summed E-state index contributed by atoms with van der Waals surface area (Å²) in [7, 11) is 0. The molecule has 0 unspecified atom stereocenters. The van der Waals surface area contributed by atoms with Crippen molar-refractivity contribution >= 4 is 34.7 Å². The number of aromatic nitrogens is 4. The van der Waals surface area contributed by atoms with Crippen LogP contribution in [0.3, 0.4) is 0 Å². The van der Waals surface area contributed by atoms with Gasteiger partial charge in [-0.25, -0.2) is 13.9 Å². The van der Waals surface area contributed by atoms with Crippen molar-refractivity contribution in [2.45, 2.75) is 39.2 Å². The van der Waals surface area contributed by atoms with Gasteiger partial charge >= 0.3 is 5.97 Å². The molecule has 1 amide bonds. The van der Waals surface area contributed by atoms with Crippen molar-refractivity contribution in [3.05, 3.63) is 42.2 Å². The monoisotopic (exact) mass is 455 g/mol. The number of halogens is 1. The van der Waals surface area contributed by atoms with Crippen LogP contribution in [-0.2, 0) is 9.53 Å². The molecule has 174 valence electrons. The highest BCUT2D eigenvalue weighted by molar-refractivity contribution is 6.12. The molecule has 0 radical (unpaired) electrons. The average Bonchev–Trinajstić information content (AvgIpc) is 3.08. The van der Waals surface area contributed by atoms with Gasteiger partial charge in [0.2, 0.25) is 0 Å². The minimum Gasteiger partial charge on any atom is -0.460 e. The molecule has 1 aliphatic heterocycles. The van der Waals surface area contributed by atoms with Gasteiger partial charge in [-0.2, -0.15) is 0 Å². The number of piperidine rings is 1. The molecular weight excluding hydrogens is 429 g/mol. The first-order chi connectivity index (χ1) is 15.6. The Morgan fingerprint density at radius 3 is 2.67 bits per heavy atom. The Bertz CT molecular complexity index is 1200. The van der Waals surface area contributed by atoms with Gasteiger partial charge in [0.05, 0.1) is 35.9 Å². The maximum Gasteiger partial charge on any atom is 0.309 e. The zero-order valence-corrected chi connectivity index (χ0v) is 18.7. The summed E-state index contributed by atoms with van der Waals surface area (Å²) in [6.07, 6.45) is 6.60. The number of anilines is 3. The molecule has 1 saturated heterocycles. The van der Waals surface area contributed by atoms with Crippen molar-refractivity contribution in [3.63, 3.8) is 0 Å². The summed E-state index contributed by atoms with van der Waals surface area (Å²) in [5, 5.41) is 6.81. The Hall–Kier alpha value is -3.76. The molecule has 0 saturated carbocycles. The van der Waals surface area contributed by atoms with Crippen LogP contribution in [0.2, 0.25) is 0 Å². The molecule has 0 spiro atoms. The molecule has 11 heteroatoms. The van der Waals surface area contributed by atoms with Crippen molar-refractivity contribution in [2.75, 3.05) is 29.0 Å². The first kappa shape index (κ1) is 22.4. The van der Waals surface area contributed by atoms with Gasteiger partial charge in [0.1, 0.15) is 11.2 Å². The van der Waals surface area contributed by atoms with Gasteiger partial charge in [0.15, 0.2) is 17.3 Å². The van der Waals surface area contributed by atoms with Gasteiger partial charge in [0.25, 0.3) is 5.91 Å². The Labute approximate surface area is 189 Å². The second-order valence-corrected chi connectivity index (χ2v) is 8.94. The first-order valence-electron chi connectivity index (χ1n) is 10.6. The normalized spacial score (nSPS) is 15.0. The highest BCUT2D eigenvalue weighted by Crippen LogP contribution is 2.31. The van der Waals surface area contributed by atoms with Crippen LogP contribution in [0.5, 0.6) is 0 Å². The van der Waals surface area contributed by atoms with E-state index >= 15 is 0 Å². The predicted molar refractivity (Wildman–Crippen MR) is 120 cm³/mol. The molecule has 33 heavy (non-hydrogen) atoms. The molecule has 3 aromatic heterocycles. The molecule has 4 heterocycles. The summed E-state index contributed by atoms with van der Waals surface area (Å²) in [4.78, 5) is 35.6. The van der Waals surface area contributed by atoms with E-state index < -0.39 is 17.3 Å². The van der Waals surface area contributed by atoms with Crippen LogP contribution in [0.1, 0.15) is 44.0 Å². The number of nitrogens with one attached hydrogen (secondary N) is 1. The van der Waals surface area contributed by atoms with Gasteiger partial charge in [0, 0.05) is 19.3 Å². The van der Waals surface area contributed by atoms with E-state index in [1.54, 1.807) is 18.5 Å². The lowest BCUT2D eigenvalue weighted by Gasteiger charge is -2.34. The van der Waals surface area contributed by atoms with Crippen LogP contribution >= 0.6 is 0 Å². The summed E-state index contributed by atoms with van der Waals surface area (Å²) < 4.78 is 20.1. The van der Waals surface area contributed by atoms with Crippen LogP contribution in [0.4, 0.5) is 21.6 Å². The number of nitrogens with two attached hydrogens (primary N) is 1. The van der Waals surface area contributed by atoms with E-state index in [0.717, 1.165) is 22.6 Å². The number of carbonyl (C=O) groups excluding carboxylic acids is 2. The van der Waals surface area contributed by atoms with Crippen LogP contribution < -0.4 is 16.0 Å². The molecule has 0 bridgehead atoms. The fourth-order valence-electron chi connectivity index (χ4n) is 3.82. The third-order valence-corrected chi connectivity index (χ3v) is 5.32. The molecule has 1 aliphatic rings. The van der Waals surface area contributed by atoms with Gasteiger partial charge < -0.3 is 20.7 Å². The van der Waals surface area contributed by atoms with Crippen LogP contribution in [-0.4, -0.2) is 50.1 Å². The maximum absolute atomic E-state index is 13.4. The molecule has 3 N–H and O–H groups in total. The fourth-order valence-corrected chi connectivity index (χ4v) is 3.82. The lowest BCUT2D eigenvalue weighted by Crippen LogP contribution is -2.39. The number of esters is 1. The number of nitrogens with zero attached hydrogens (tertiary/aromatic N) is 5. The second kappa shape index (κ2) is 8.64. The number of hydrogen-bond acceptors (Lipinski definition) is 8. The Kier molecular flexibility index (Phi) is 5.88. The van der Waals surface area contributed by atoms with Crippen molar-refractivity contribution < 1.29 is 18.7 Å². The smallest absolute Gasteiger partial charge is 0.309 e. The average molecular weight is 455 g/mol. The predicted octanol–water partition coefficient (Wildman–Crippen LogP) is 2.66. The number of amides is 1. The maximum atomic E-state index is 13.4. The summed E-state index contributed by atoms with van der Waals surface area (Å²) in [5.41, 5.74) is 6.85. The summed E-state index contributed by atoms with van der Waals surface area (Å²) in [5.74, 6) is -1.52. The van der Waals surface area contributed by atoms with Crippen molar-refractivity contribution in [3.8, 4) is 0 Å². The molecule has 0 aromatic carbocycles. The third-order valence-electron chi connectivity index (χ3n) is 5.32. The standard InChI is InChI=1S/C22H26FN7O3/c1-22(2,3)33-21(32)13-5-8-29(9-6-13)16-11-25-7-4-15(16)27-20(31)17-18(24)28-30-12-14(23)10-26-19(17)30/h4,7,10-13H,5-6,8-9H2,1-3H3,(H2,24,28)(H,25,27,31). The first-order valence-corrected chi connectivity index (χ1v) is 10.6. The van der Waals surface area contributed by atoms with Crippen molar-refractivity contribution in [2.24, 2.45) is 5.92 Å². The Balaban J connectivity index is 1.50.